The Bertz CT molecular complexity index is 276. The summed E-state index contributed by atoms with van der Waals surface area (Å²) in [5, 5.41) is 18.3. The summed E-state index contributed by atoms with van der Waals surface area (Å²) in [6, 6.07) is 0. The Morgan fingerprint density at radius 1 is 0.833 bits per heavy atom. The minimum atomic E-state index is -0.896. The summed E-state index contributed by atoms with van der Waals surface area (Å²) in [6.45, 7) is 0. The van der Waals surface area contributed by atoms with Crippen LogP contribution in [0.2, 0.25) is 0 Å². The third-order valence-electron chi connectivity index (χ3n) is 4.08. The molecule has 1 aliphatic rings. The van der Waals surface area contributed by atoms with Crippen LogP contribution in [0.1, 0.15) is 70.6 Å². The number of hydrogen-bond acceptors (Lipinski definition) is 2. The molecule has 1 rings (SSSR count). The highest BCUT2D eigenvalue weighted by Crippen LogP contribution is 2.37. The molecule has 0 unspecified atom stereocenters. The fourth-order valence-electron chi connectivity index (χ4n) is 2.85. The maximum Gasteiger partial charge on any atom is 0.309 e. The Labute approximate surface area is 108 Å². The first kappa shape index (κ1) is 15.0. The molecule has 0 aromatic rings. The van der Waals surface area contributed by atoms with Crippen molar-refractivity contribution in [3.8, 4) is 0 Å². The lowest BCUT2D eigenvalue weighted by Gasteiger charge is -2.30. The summed E-state index contributed by atoms with van der Waals surface area (Å²) in [4.78, 5) is 22.2. The minimum Gasteiger partial charge on any atom is -0.481 e. The summed E-state index contributed by atoms with van der Waals surface area (Å²) < 4.78 is 0. The third kappa shape index (κ3) is 4.67. The quantitative estimate of drug-likeness (QED) is 0.807. The van der Waals surface area contributed by atoms with E-state index < -0.39 is 17.4 Å². The third-order valence-corrected chi connectivity index (χ3v) is 4.08. The maximum atomic E-state index is 11.6. The second-order valence-electron chi connectivity index (χ2n) is 5.45. The van der Waals surface area contributed by atoms with Gasteiger partial charge in [-0.05, 0) is 19.3 Å². The van der Waals surface area contributed by atoms with Crippen LogP contribution in [0, 0.1) is 5.41 Å². The van der Waals surface area contributed by atoms with E-state index >= 15 is 0 Å². The van der Waals surface area contributed by atoms with Crippen molar-refractivity contribution >= 4 is 11.9 Å². The molecule has 0 aliphatic heterocycles. The van der Waals surface area contributed by atoms with Gasteiger partial charge in [0.2, 0.25) is 0 Å². The van der Waals surface area contributed by atoms with Gasteiger partial charge in [0.05, 0.1) is 5.41 Å². The predicted molar refractivity (Wildman–Crippen MR) is 68.5 cm³/mol. The Morgan fingerprint density at radius 2 is 1.28 bits per heavy atom. The van der Waals surface area contributed by atoms with Gasteiger partial charge in [0.1, 0.15) is 0 Å². The second kappa shape index (κ2) is 7.39. The molecule has 2 N–H and O–H groups in total. The molecule has 0 aromatic carbocycles. The Balaban J connectivity index is 2.68. The van der Waals surface area contributed by atoms with E-state index in [4.69, 9.17) is 5.11 Å². The van der Waals surface area contributed by atoms with Gasteiger partial charge in [-0.1, -0.05) is 44.9 Å². The van der Waals surface area contributed by atoms with Crippen molar-refractivity contribution in [1.82, 2.24) is 0 Å². The molecule has 0 spiro atoms. The van der Waals surface area contributed by atoms with Crippen LogP contribution in [0.25, 0.3) is 0 Å². The van der Waals surface area contributed by atoms with Crippen molar-refractivity contribution < 1.29 is 19.8 Å². The van der Waals surface area contributed by atoms with Crippen LogP contribution >= 0.6 is 0 Å². The summed E-state index contributed by atoms with van der Waals surface area (Å²) in [5.41, 5.74) is -0.796. The van der Waals surface area contributed by atoms with E-state index in [1.807, 2.05) is 0 Å². The molecule has 0 saturated heterocycles. The van der Waals surface area contributed by atoms with Crippen LogP contribution in [-0.4, -0.2) is 22.2 Å². The number of carboxylic acids is 2. The predicted octanol–water partition coefficient (Wildman–Crippen LogP) is 3.45. The molecular formula is C14H24O4. The van der Waals surface area contributed by atoms with Crippen molar-refractivity contribution in [1.29, 1.82) is 0 Å². The van der Waals surface area contributed by atoms with Crippen LogP contribution < -0.4 is 0 Å². The van der Waals surface area contributed by atoms with Gasteiger partial charge in [0.25, 0.3) is 0 Å². The van der Waals surface area contributed by atoms with Gasteiger partial charge in [-0.25, -0.2) is 0 Å². The summed E-state index contributed by atoms with van der Waals surface area (Å²) in [6.07, 6.45) is 9.07. The first-order valence-electron chi connectivity index (χ1n) is 7.02. The molecule has 0 atom stereocenters. The average molecular weight is 256 g/mol. The molecule has 0 heterocycles. The molecule has 0 radical (unpaired) electrons. The lowest BCUT2D eigenvalue weighted by Crippen LogP contribution is -2.32. The molecule has 18 heavy (non-hydrogen) atoms. The normalized spacial score (nSPS) is 21.1. The lowest BCUT2D eigenvalue weighted by atomic mass is 9.74. The summed E-state index contributed by atoms with van der Waals surface area (Å²) in [7, 11) is 0. The molecule has 0 aromatic heterocycles. The van der Waals surface area contributed by atoms with Crippen LogP contribution in [0.15, 0.2) is 0 Å². The number of hydrogen-bond donors (Lipinski definition) is 2. The van der Waals surface area contributed by atoms with Crippen molar-refractivity contribution in [3.05, 3.63) is 0 Å². The zero-order valence-corrected chi connectivity index (χ0v) is 11.0. The molecule has 1 aliphatic carbocycles. The van der Waals surface area contributed by atoms with Crippen molar-refractivity contribution in [2.45, 2.75) is 70.6 Å². The molecular weight excluding hydrogens is 232 g/mol. The van der Waals surface area contributed by atoms with Gasteiger partial charge >= 0.3 is 11.9 Å². The highest BCUT2D eigenvalue weighted by atomic mass is 16.4. The van der Waals surface area contributed by atoms with Crippen LogP contribution in [0.4, 0.5) is 0 Å². The van der Waals surface area contributed by atoms with Gasteiger partial charge in [-0.15, -0.1) is 0 Å². The lowest BCUT2D eigenvalue weighted by molar-refractivity contribution is -0.151. The number of carboxylic acid groups (broad SMARTS) is 2. The summed E-state index contributed by atoms with van der Waals surface area (Å²) >= 11 is 0. The van der Waals surface area contributed by atoms with Crippen molar-refractivity contribution in [3.63, 3.8) is 0 Å². The van der Waals surface area contributed by atoms with Crippen LogP contribution in [-0.2, 0) is 9.59 Å². The number of rotatable bonds is 4. The number of carbonyl (C=O) groups is 2. The van der Waals surface area contributed by atoms with E-state index in [2.05, 4.69) is 0 Å². The molecule has 1 saturated carbocycles. The average Bonchev–Trinajstić information content (AvgIpc) is 2.33. The second-order valence-corrected chi connectivity index (χ2v) is 5.45. The fourth-order valence-corrected chi connectivity index (χ4v) is 2.85. The first-order chi connectivity index (χ1) is 8.57. The highest BCUT2D eigenvalue weighted by Gasteiger charge is 2.37. The van der Waals surface area contributed by atoms with E-state index in [0.29, 0.717) is 12.8 Å². The zero-order chi connectivity index (χ0) is 13.4. The molecule has 1 fully saturated rings. The van der Waals surface area contributed by atoms with E-state index in [0.717, 1.165) is 25.7 Å². The van der Waals surface area contributed by atoms with E-state index in [1.54, 1.807) is 0 Å². The topological polar surface area (TPSA) is 74.6 Å². The maximum absolute atomic E-state index is 11.6. The van der Waals surface area contributed by atoms with E-state index in [-0.39, 0.29) is 12.8 Å². The van der Waals surface area contributed by atoms with Crippen LogP contribution in [0.3, 0.4) is 0 Å². The standard InChI is InChI=1S/C14H24O4/c15-12(16)8-11-14(13(17)18)9-6-4-2-1-3-5-7-10-14/h1-11H2,(H,15,16)(H,17,18). The van der Waals surface area contributed by atoms with E-state index in [1.165, 1.54) is 19.3 Å². The smallest absolute Gasteiger partial charge is 0.309 e. The Morgan fingerprint density at radius 3 is 1.67 bits per heavy atom. The Kier molecular flexibility index (Phi) is 6.16. The fraction of sp³-hybridized carbons (Fsp3) is 0.857. The summed E-state index contributed by atoms with van der Waals surface area (Å²) in [5.74, 6) is -1.70. The van der Waals surface area contributed by atoms with Gasteiger partial charge in [0.15, 0.2) is 0 Å². The van der Waals surface area contributed by atoms with Crippen LogP contribution in [0.5, 0.6) is 0 Å². The zero-order valence-electron chi connectivity index (χ0n) is 11.0. The molecule has 4 nitrogen and oxygen atoms in total. The SMILES string of the molecule is O=C(O)CCC1(C(=O)O)CCCCCCCCC1. The van der Waals surface area contributed by atoms with Gasteiger partial charge in [-0.3, -0.25) is 9.59 Å². The van der Waals surface area contributed by atoms with Crippen molar-refractivity contribution in [2.24, 2.45) is 5.41 Å². The molecule has 4 heteroatoms. The monoisotopic (exact) mass is 256 g/mol. The molecule has 0 bridgehead atoms. The van der Waals surface area contributed by atoms with Crippen molar-refractivity contribution in [2.75, 3.05) is 0 Å². The van der Waals surface area contributed by atoms with Gasteiger partial charge < -0.3 is 10.2 Å². The molecule has 0 amide bonds. The highest BCUT2D eigenvalue weighted by molar-refractivity contribution is 5.76. The largest absolute Gasteiger partial charge is 0.481 e. The van der Waals surface area contributed by atoms with Gasteiger partial charge in [0, 0.05) is 6.42 Å². The Hall–Kier alpha value is -1.06. The first-order valence-corrected chi connectivity index (χ1v) is 7.02. The van der Waals surface area contributed by atoms with E-state index in [9.17, 15) is 14.7 Å². The minimum absolute atomic E-state index is 0.0354. The number of aliphatic carboxylic acids is 2. The molecule has 104 valence electrons. The van der Waals surface area contributed by atoms with Gasteiger partial charge in [-0.2, -0.15) is 0 Å².